The molecular formula is C23H20FIN2O3. The van der Waals surface area contributed by atoms with E-state index >= 15 is 0 Å². The van der Waals surface area contributed by atoms with Gasteiger partial charge >= 0.3 is 0 Å². The van der Waals surface area contributed by atoms with Gasteiger partial charge in [-0.15, -0.1) is 0 Å². The number of amides is 1. The Morgan fingerprint density at radius 3 is 2.43 bits per heavy atom. The molecule has 3 rings (SSSR count). The molecule has 3 aromatic carbocycles. The molecule has 0 saturated carbocycles. The van der Waals surface area contributed by atoms with Crippen molar-refractivity contribution in [1.82, 2.24) is 5.43 Å². The number of hydrazone groups is 1. The van der Waals surface area contributed by atoms with Crippen molar-refractivity contribution in [3.05, 3.63) is 91.8 Å². The number of phenols is 1. The van der Waals surface area contributed by atoms with Crippen LogP contribution in [0.1, 0.15) is 32.6 Å². The van der Waals surface area contributed by atoms with Crippen LogP contribution in [0.4, 0.5) is 4.39 Å². The summed E-state index contributed by atoms with van der Waals surface area (Å²) in [6, 6.07) is 14.7. The molecule has 2 N–H and O–H groups in total. The molecule has 30 heavy (non-hydrogen) atoms. The Morgan fingerprint density at radius 2 is 1.80 bits per heavy atom. The van der Waals surface area contributed by atoms with E-state index in [2.05, 4.69) is 10.5 Å². The summed E-state index contributed by atoms with van der Waals surface area (Å²) in [6.45, 7) is 4.20. The molecule has 154 valence electrons. The van der Waals surface area contributed by atoms with Crippen molar-refractivity contribution in [3.63, 3.8) is 0 Å². The van der Waals surface area contributed by atoms with Gasteiger partial charge in [-0.1, -0.05) is 12.1 Å². The number of nitrogens with zero attached hydrogens (tertiary/aromatic N) is 1. The lowest BCUT2D eigenvalue weighted by Gasteiger charge is -2.13. The second-order valence-electron chi connectivity index (χ2n) is 6.76. The van der Waals surface area contributed by atoms with E-state index in [9.17, 15) is 14.3 Å². The highest BCUT2D eigenvalue weighted by Crippen LogP contribution is 2.25. The van der Waals surface area contributed by atoms with E-state index in [1.54, 1.807) is 30.5 Å². The van der Waals surface area contributed by atoms with E-state index in [1.165, 1.54) is 18.2 Å². The monoisotopic (exact) mass is 518 g/mol. The van der Waals surface area contributed by atoms with Crippen molar-refractivity contribution in [2.24, 2.45) is 5.10 Å². The topological polar surface area (TPSA) is 70.9 Å². The minimum Gasteiger partial charge on any atom is -0.507 e. The van der Waals surface area contributed by atoms with Gasteiger partial charge in [-0.25, -0.2) is 9.82 Å². The number of carbonyl (C=O) groups excluding carboxylic acids is 1. The molecule has 0 heterocycles. The maximum atomic E-state index is 13.0. The number of nitrogens with one attached hydrogen (secondary N) is 1. The van der Waals surface area contributed by atoms with Gasteiger partial charge in [0.2, 0.25) is 0 Å². The second kappa shape index (κ2) is 9.71. The first kappa shape index (κ1) is 21.8. The predicted octanol–water partition coefficient (Wildman–Crippen LogP) is 5.10. The zero-order chi connectivity index (χ0) is 21.7. The Bertz CT molecular complexity index is 1080. The van der Waals surface area contributed by atoms with Crippen LogP contribution in [0.15, 0.2) is 59.7 Å². The highest BCUT2D eigenvalue weighted by Gasteiger charge is 2.09. The van der Waals surface area contributed by atoms with Crippen molar-refractivity contribution >= 4 is 34.7 Å². The highest BCUT2D eigenvalue weighted by atomic mass is 127. The molecule has 0 bridgehead atoms. The number of halogens is 2. The molecule has 0 aromatic heterocycles. The van der Waals surface area contributed by atoms with Gasteiger partial charge in [0.25, 0.3) is 5.91 Å². The van der Waals surface area contributed by atoms with Gasteiger partial charge in [-0.2, -0.15) is 5.10 Å². The molecule has 5 nitrogen and oxygen atoms in total. The van der Waals surface area contributed by atoms with E-state index in [0.29, 0.717) is 15.7 Å². The summed E-state index contributed by atoms with van der Waals surface area (Å²) in [6.07, 6.45) is 1.55. The highest BCUT2D eigenvalue weighted by molar-refractivity contribution is 14.1. The molecule has 0 saturated heterocycles. The predicted molar refractivity (Wildman–Crippen MR) is 123 cm³/mol. The van der Waals surface area contributed by atoms with Gasteiger partial charge in [0.15, 0.2) is 0 Å². The SMILES string of the molecule is Cc1cc(/C=N\NC(=O)c2ccc(I)c(O)c2)cc(C)c1OCc1ccc(F)cc1. The minimum atomic E-state index is -0.411. The molecule has 0 atom stereocenters. The lowest BCUT2D eigenvalue weighted by Crippen LogP contribution is -2.17. The number of carbonyl (C=O) groups is 1. The summed E-state index contributed by atoms with van der Waals surface area (Å²) in [5, 5.41) is 13.7. The average molecular weight is 518 g/mol. The van der Waals surface area contributed by atoms with Crippen molar-refractivity contribution in [1.29, 1.82) is 0 Å². The van der Waals surface area contributed by atoms with Crippen LogP contribution in [-0.2, 0) is 6.61 Å². The van der Waals surface area contributed by atoms with E-state index < -0.39 is 5.91 Å². The van der Waals surface area contributed by atoms with Crippen LogP contribution < -0.4 is 10.2 Å². The first-order chi connectivity index (χ1) is 14.3. The van der Waals surface area contributed by atoms with Crippen LogP contribution in [0.5, 0.6) is 11.5 Å². The summed E-state index contributed by atoms with van der Waals surface area (Å²) >= 11 is 1.98. The summed E-state index contributed by atoms with van der Waals surface area (Å²) < 4.78 is 19.6. The summed E-state index contributed by atoms with van der Waals surface area (Å²) in [7, 11) is 0. The lowest BCUT2D eigenvalue weighted by atomic mass is 10.1. The third kappa shape index (κ3) is 5.56. The minimum absolute atomic E-state index is 0.0507. The fraction of sp³-hybridized carbons (Fsp3) is 0.130. The first-order valence-corrected chi connectivity index (χ1v) is 10.2. The Labute approximate surface area is 187 Å². The Morgan fingerprint density at radius 1 is 1.13 bits per heavy atom. The largest absolute Gasteiger partial charge is 0.507 e. The maximum Gasteiger partial charge on any atom is 0.271 e. The molecule has 1 amide bonds. The standard InChI is InChI=1S/C23H20FIN2O3/c1-14-9-17(12-26-27-23(29)18-5-8-20(25)21(28)11-18)10-15(2)22(14)30-13-16-3-6-19(24)7-4-16/h3-12,28H,13H2,1-2H3,(H,27,29)/b26-12-. The number of benzene rings is 3. The number of ether oxygens (including phenoxy) is 1. The fourth-order valence-corrected chi connectivity index (χ4v) is 3.24. The molecular weight excluding hydrogens is 498 g/mol. The molecule has 3 aromatic rings. The number of rotatable bonds is 6. The zero-order valence-corrected chi connectivity index (χ0v) is 18.6. The van der Waals surface area contributed by atoms with E-state index in [-0.39, 0.29) is 11.6 Å². The normalized spacial score (nSPS) is 10.9. The molecule has 0 unspecified atom stereocenters. The summed E-state index contributed by atoms with van der Waals surface area (Å²) in [5.74, 6) is 0.121. The lowest BCUT2D eigenvalue weighted by molar-refractivity contribution is 0.0954. The van der Waals surface area contributed by atoms with Crippen molar-refractivity contribution < 1.29 is 19.0 Å². The fourth-order valence-electron chi connectivity index (χ4n) is 2.91. The number of hydrogen-bond acceptors (Lipinski definition) is 4. The number of hydrogen-bond donors (Lipinski definition) is 2. The van der Waals surface area contributed by atoms with Gasteiger partial charge in [0.05, 0.1) is 9.78 Å². The first-order valence-electron chi connectivity index (χ1n) is 9.14. The Kier molecular flexibility index (Phi) is 7.04. The Hall–Kier alpha value is -2.94. The smallest absolute Gasteiger partial charge is 0.271 e. The molecule has 0 aliphatic carbocycles. The number of aryl methyl sites for hydroxylation is 2. The van der Waals surface area contributed by atoms with Crippen molar-refractivity contribution in [2.45, 2.75) is 20.5 Å². The van der Waals surface area contributed by atoms with Crippen molar-refractivity contribution in [2.75, 3.05) is 0 Å². The number of phenolic OH excluding ortho intramolecular Hbond substituents is 1. The van der Waals surface area contributed by atoms with E-state index in [4.69, 9.17) is 4.74 Å². The van der Waals surface area contributed by atoms with Crippen molar-refractivity contribution in [3.8, 4) is 11.5 Å². The van der Waals surface area contributed by atoms with E-state index in [0.717, 1.165) is 28.0 Å². The molecule has 0 aliphatic heterocycles. The Balaban J connectivity index is 1.64. The van der Waals surface area contributed by atoms with Crippen LogP contribution in [0.3, 0.4) is 0 Å². The molecule has 0 aliphatic rings. The number of aromatic hydroxyl groups is 1. The maximum absolute atomic E-state index is 13.0. The molecule has 0 fully saturated rings. The van der Waals surface area contributed by atoms with Crippen LogP contribution in [0, 0.1) is 23.2 Å². The zero-order valence-electron chi connectivity index (χ0n) is 16.4. The van der Waals surface area contributed by atoms with Crippen LogP contribution >= 0.6 is 22.6 Å². The summed E-state index contributed by atoms with van der Waals surface area (Å²) in [5.41, 5.74) is 6.31. The third-order valence-corrected chi connectivity index (χ3v) is 5.28. The van der Waals surface area contributed by atoms with Gasteiger partial charge in [0.1, 0.15) is 23.9 Å². The third-order valence-electron chi connectivity index (χ3n) is 4.37. The average Bonchev–Trinajstić information content (AvgIpc) is 2.70. The van der Waals surface area contributed by atoms with Gasteiger partial charge < -0.3 is 9.84 Å². The second-order valence-corrected chi connectivity index (χ2v) is 7.93. The van der Waals surface area contributed by atoms with Crippen LogP contribution in [-0.4, -0.2) is 17.2 Å². The van der Waals surface area contributed by atoms with Gasteiger partial charge in [-0.3, -0.25) is 4.79 Å². The molecule has 7 heteroatoms. The van der Waals surface area contributed by atoms with Gasteiger partial charge in [-0.05, 0) is 101 Å². The summed E-state index contributed by atoms with van der Waals surface area (Å²) in [4.78, 5) is 12.1. The van der Waals surface area contributed by atoms with E-state index in [1.807, 2.05) is 48.6 Å². The molecule has 0 spiro atoms. The van der Waals surface area contributed by atoms with Crippen LogP contribution in [0.25, 0.3) is 0 Å². The van der Waals surface area contributed by atoms with Gasteiger partial charge in [0, 0.05) is 5.56 Å². The quantitative estimate of drug-likeness (QED) is 0.271. The van der Waals surface area contributed by atoms with Crippen LogP contribution in [0.2, 0.25) is 0 Å². The molecule has 0 radical (unpaired) electrons.